The lowest BCUT2D eigenvalue weighted by Crippen LogP contribution is -2.18. The average Bonchev–Trinajstić information content (AvgIpc) is 2.45. The Bertz CT molecular complexity index is 602. The molecule has 0 unspecified atom stereocenters. The summed E-state index contributed by atoms with van der Waals surface area (Å²) in [6.45, 7) is 2.36. The van der Waals surface area contributed by atoms with Gasteiger partial charge in [-0.25, -0.2) is 4.39 Å². The summed E-state index contributed by atoms with van der Waals surface area (Å²) in [5, 5.41) is 13.9. The number of nitrogens with zero attached hydrogens (tertiary/aromatic N) is 1. The van der Waals surface area contributed by atoms with E-state index >= 15 is 0 Å². The second-order valence-corrected chi connectivity index (χ2v) is 4.59. The maximum atomic E-state index is 13.3. The molecule has 0 aliphatic rings. The summed E-state index contributed by atoms with van der Waals surface area (Å²) >= 11 is 0. The van der Waals surface area contributed by atoms with Crippen molar-refractivity contribution in [2.24, 2.45) is 0 Å². The number of benzene rings is 2. The van der Waals surface area contributed by atoms with Crippen LogP contribution in [-0.4, -0.2) is 4.92 Å². The molecular weight excluding hydrogens is 259 g/mol. The number of rotatable bonds is 5. The molecule has 0 aliphatic heterocycles. The van der Waals surface area contributed by atoms with Gasteiger partial charge in [-0.3, -0.25) is 10.1 Å². The molecule has 2 rings (SSSR count). The van der Waals surface area contributed by atoms with Gasteiger partial charge >= 0.3 is 0 Å². The lowest BCUT2D eigenvalue weighted by molar-refractivity contribution is -0.385. The number of nitro benzene ring substituents is 1. The maximum Gasteiger partial charge on any atom is 0.272 e. The van der Waals surface area contributed by atoms with Crippen LogP contribution in [0.4, 0.5) is 10.1 Å². The van der Waals surface area contributed by atoms with E-state index in [9.17, 15) is 14.5 Å². The van der Waals surface area contributed by atoms with Crippen LogP contribution in [0.1, 0.15) is 24.1 Å². The van der Waals surface area contributed by atoms with E-state index in [2.05, 4.69) is 5.32 Å². The second kappa shape index (κ2) is 6.25. The summed E-state index contributed by atoms with van der Waals surface area (Å²) in [6, 6.07) is 13.5. The maximum absolute atomic E-state index is 13.3. The fourth-order valence-electron chi connectivity index (χ4n) is 1.97. The molecule has 0 saturated heterocycles. The first-order chi connectivity index (χ1) is 9.56. The molecule has 0 spiro atoms. The van der Waals surface area contributed by atoms with Crippen molar-refractivity contribution in [3.8, 4) is 0 Å². The minimum Gasteiger partial charge on any atom is -0.306 e. The topological polar surface area (TPSA) is 55.2 Å². The third-order valence-corrected chi connectivity index (χ3v) is 3.07. The van der Waals surface area contributed by atoms with Crippen LogP contribution < -0.4 is 5.32 Å². The van der Waals surface area contributed by atoms with Gasteiger partial charge in [-0.15, -0.1) is 0 Å². The van der Waals surface area contributed by atoms with Crippen molar-refractivity contribution in [2.75, 3.05) is 0 Å². The van der Waals surface area contributed by atoms with E-state index < -0.39 is 10.7 Å². The van der Waals surface area contributed by atoms with Crippen molar-refractivity contribution in [3.05, 3.63) is 75.6 Å². The molecule has 0 aromatic heterocycles. The molecule has 0 amide bonds. The Morgan fingerprint density at radius 1 is 1.25 bits per heavy atom. The summed E-state index contributed by atoms with van der Waals surface area (Å²) in [5.74, 6) is -0.594. The summed E-state index contributed by atoms with van der Waals surface area (Å²) in [4.78, 5) is 10.1. The van der Waals surface area contributed by atoms with Crippen LogP contribution in [0, 0.1) is 15.9 Å². The molecule has 1 atom stereocenters. The van der Waals surface area contributed by atoms with Gasteiger partial charge in [0.25, 0.3) is 5.69 Å². The quantitative estimate of drug-likeness (QED) is 0.669. The highest BCUT2D eigenvalue weighted by Gasteiger charge is 2.11. The average molecular weight is 274 g/mol. The van der Waals surface area contributed by atoms with E-state index in [0.717, 1.165) is 11.6 Å². The second-order valence-electron chi connectivity index (χ2n) is 4.59. The minimum absolute atomic E-state index is 0.0820. The van der Waals surface area contributed by atoms with Gasteiger partial charge in [0.2, 0.25) is 0 Å². The minimum atomic E-state index is -0.594. The molecule has 0 saturated carbocycles. The lowest BCUT2D eigenvalue weighted by atomic mass is 10.1. The highest BCUT2D eigenvalue weighted by Crippen LogP contribution is 2.18. The van der Waals surface area contributed by atoms with E-state index in [1.54, 1.807) is 0 Å². The monoisotopic (exact) mass is 274 g/mol. The summed E-state index contributed by atoms with van der Waals surface area (Å²) in [5.41, 5.74) is 1.44. The SMILES string of the molecule is C[C@@H](NCc1cc(F)cc([N+](=O)[O-])c1)c1ccccc1. The number of hydrogen-bond donors (Lipinski definition) is 1. The number of nitrogens with one attached hydrogen (secondary N) is 1. The highest BCUT2D eigenvalue weighted by atomic mass is 19.1. The first-order valence-electron chi connectivity index (χ1n) is 6.28. The number of nitro groups is 1. The first kappa shape index (κ1) is 14.1. The van der Waals surface area contributed by atoms with Crippen LogP contribution in [0.25, 0.3) is 0 Å². The molecule has 0 aliphatic carbocycles. The van der Waals surface area contributed by atoms with E-state index in [1.165, 1.54) is 12.1 Å². The molecule has 0 radical (unpaired) electrons. The van der Waals surface area contributed by atoms with E-state index in [-0.39, 0.29) is 11.7 Å². The molecule has 4 nitrogen and oxygen atoms in total. The number of hydrogen-bond acceptors (Lipinski definition) is 3. The van der Waals surface area contributed by atoms with E-state index in [0.29, 0.717) is 12.1 Å². The van der Waals surface area contributed by atoms with Crippen molar-refractivity contribution in [1.82, 2.24) is 5.32 Å². The fraction of sp³-hybridized carbons (Fsp3) is 0.200. The Hall–Kier alpha value is -2.27. The van der Waals surface area contributed by atoms with Crippen LogP contribution in [-0.2, 0) is 6.54 Å². The van der Waals surface area contributed by atoms with Crippen molar-refractivity contribution in [1.29, 1.82) is 0 Å². The summed E-state index contributed by atoms with van der Waals surface area (Å²) < 4.78 is 13.3. The van der Waals surface area contributed by atoms with E-state index in [4.69, 9.17) is 0 Å². The smallest absolute Gasteiger partial charge is 0.272 e. The molecular formula is C15H15FN2O2. The predicted octanol–water partition coefficient (Wildman–Crippen LogP) is 3.58. The summed E-state index contributed by atoms with van der Waals surface area (Å²) in [7, 11) is 0. The predicted molar refractivity (Wildman–Crippen MR) is 74.8 cm³/mol. The molecule has 5 heteroatoms. The molecule has 20 heavy (non-hydrogen) atoms. The van der Waals surface area contributed by atoms with Gasteiger partial charge in [-0.05, 0) is 24.1 Å². The van der Waals surface area contributed by atoms with Gasteiger partial charge in [-0.2, -0.15) is 0 Å². The first-order valence-corrected chi connectivity index (χ1v) is 6.28. The number of non-ortho nitro benzene ring substituents is 1. The molecule has 2 aromatic carbocycles. The van der Waals surface area contributed by atoms with Gasteiger partial charge in [0.05, 0.1) is 11.0 Å². The zero-order valence-electron chi connectivity index (χ0n) is 11.0. The molecule has 1 N–H and O–H groups in total. The zero-order chi connectivity index (χ0) is 14.5. The molecule has 0 bridgehead atoms. The van der Waals surface area contributed by atoms with Crippen molar-refractivity contribution in [2.45, 2.75) is 19.5 Å². The van der Waals surface area contributed by atoms with Gasteiger partial charge < -0.3 is 5.32 Å². The Morgan fingerprint density at radius 2 is 1.95 bits per heavy atom. The van der Waals surface area contributed by atoms with Gasteiger partial charge in [0.15, 0.2) is 0 Å². The third kappa shape index (κ3) is 3.61. The van der Waals surface area contributed by atoms with Gasteiger partial charge in [0.1, 0.15) is 5.82 Å². The number of halogens is 1. The van der Waals surface area contributed by atoms with Crippen LogP contribution >= 0.6 is 0 Å². The molecule has 104 valence electrons. The Labute approximate surface area is 116 Å². The zero-order valence-corrected chi connectivity index (χ0v) is 11.0. The lowest BCUT2D eigenvalue weighted by Gasteiger charge is -2.14. The Balaban J connectivity index is 2.06. The normalized spacial score (nSPS) is 12.1. The highest BCUT2D eigenvalue weighted by molar-refractivity contribution is 5.35. The van der Waals surface area contributed by atoms with Crippen LogP contribution in [0.2, 0.25) is 0 Å². The largest absolute Gasteiger partial charge is 0.306 e. The van der Waals surface area contributed by atoms with Crippen LogP contribution in [0.15, 0.2) is 48.5 Å². The Morgan fingerprint density at radius 3 is 2.60 bits per heavy atom. The van der Waals surface area contributed by atoms with Crippen LogP contribution in [0.3, 0.4) is 0 Å². The molecule has 0 heterocycles. The van der Waals surface area contributed by atoms with Crippen LogP contribution in [0.5, 0.6) is 0 Å². The fourth-order valence-corrected chi connectivity index (χ4v) is 1.97. The van der Waals surface area contributed by atoms with Crippen molar-refractivity contribution < 1.29 is 9.31 Å². The summed E-state index contributed by atoms with van der Waals surface area (Å²) in [6.07, 6.45) is 0. The van der Waals surface area contributed by atoms with Crippen molar-refractivity contribution in [3.63, 3.8) is 0 Å². The van der Waals surface area contributed by atoms with Gasteiger partial charge in [-0.1, -0.05) is 30.3 Å². The van der Waals surface area contributed by atoms with E-state index in [1.807, 2.05) is 37.3 Å². The third-order valence-electron chi connectivity index (χ3n) is 3.07. The molecule has 0 fully saturated rings. The standard InChI is InChI=1S/C15H15FN2O2/c1-11(13-5-3-2-4-6-13)17-10-12-7-14(16)9-15(8-12)18(19)20/h2-9,11,17H,10H2,1H3/t11-/m1/s1. The molecule has 2 aromatic rings. The van der Waals surface area contributed by atoms with Gasteiger partial charge in [0, 0.05) is 18.7 Å². The Kier molecular flexibility index (Phi) is 4.42. The van der Waals surface area contributed by atoms with Crippen molar-refractivity contribution >= 4 is 5.69 Å².